The highest BCUT2D eigenvalue weighted by molar-refractivity contribution is 7.18. The number of rotatable bonds is 2. The number of carbonyl (C=O) groups excluding carboxylic acids is 1. The fourth-order valence-corrected chi connectivity index (χ4v) is 4.33. The SMILES string of the molecule is CC(=O)N1CCc2c(cn(-c3ccc4sc(C)nc4c3)c(=O)c2C(=O)O)C1. The second-order valence-electron chi connectivity index (χ2n) is 6.56. The molecule has 0 atom stereocenters. The van der Waals surface area contributed by atoms with Gasteiger partial charge in [-0.3, -0.25) is 14.2 Å². The molecule has 7 nitrogen and oxygen atoms in total. The smallest absolute Gasteiger partial charge is 0.341 e. The number of carboxylic acid groups (broad SMARTS) is 1. The zero-order valence-electron chi connectivity index (χ0n) is 14.9. The van der Waals surface area contributed by atoms with E-state index in [0.29, 0.717) is 36.3 Å². The summed E-state index contributed by atoms with van der Waals surface area (Å²) in [6.07, 6.45) is 2.01. The van der Waals surface area contributed by atoms with Gasteiger partial charge in [-0.1, -0.05) is 0 Å². The van der Waals surface area contributed by atoms with Gasteiger partial charge >= 0.3 is 5.97 Å². The Morgan fingerprint density at radius 1 is 1.30 bits per heavy atom. The van der Waals surface area contributed by atoms with Gasteiger partial charge in [-0.15, -0.1) is 11.3 Å². The number of benzene rings is 1. The molecule has 0 saturated heterocycles. The minimum atomic E-state index is -1.24. The maximum atomic E-state index is 12.9. The Morgan fingerprint density at radius 3 is 2.78 bits per heavy atom. The highest BCUT2D eigenvalue weighted by Crippen LogP contribution is 2.26. The number of hydrogen-bond donors (Lipinski definition) is 1. The maximum absolute atomic E-state index is 12.9. The summed E-state index contributed by atoms with van der Waals surface area (Å²) in [5.41, 5.74) is 1.74. The number of fused-ring (bicyclic) bond motifs is 2. The largest absolute Gasteiger partial charge is 0.477 e. The molecule has 0 saturated carbocycles. The number of aromatic nitrogens is 2. The first-order valence-corrected chi connectivity index (χ1v) is 9.30. The average Bonchev–Trinajstić information content (AvgIpc) is 2.99. The summed E-state index contributed by atoms with van der Waals surface area (Å²) in [6.45, 7) is 4.10. The first-order valence-electron chi connectivity index (χ1n) is 8.49. The van der Waals surface area contributed by atoms with Crippen molar-refractivity contribution in [2.45, 2.75) is 26.8 Å². The number of carbonyl (C=O) groups is 2. The van der Waals surface area contributed by atoms with Gasteiger partial charge in [0.15, 0.2) is 0 Å². The Labute approximate surface area is 158 Å². The van der Waals surface area contributed by atoms with Crippen molar-refractivity contribution in [3.63, 3.8) is 0 Å². The molecule has 0 bridgehead atoms. The molecular weight excluding hydrogens is 366 g/mol. The molecule has 0 spiro atoms. The van der Waals surface area contributed by atoms with Crippen LogP contribution in [0.5, 0.6) is 0 Å². The van der Waals surface area contributed by atoms with Gasteiger partial charge in [0.05, 0.1) is 20.9 Å². The van der Waals surface area contributed by atoms with E-state index in [1.807, 2.05) is 13.0 Å². The molecule has 1 amide bonds. The number of aromatic carboxylic acids is 1. The molecule has 0 radical (unpaired) electrons. The van der Waals surface area contributed by atoms with E-state index in [2.05, 4.69) is 4.98 Å². The van der Waals surface area contributed by atoms with Crippen LogP contribution in [0, 0.1) is 6.92 Å². The number of hydrogen-bond acceptors (Lipinski definition) is 5. The maximum Gasteiger partial charge on any atom is 0.341 e. The quantitative estimate of drug-likeness (QED) is 0.733. The lowest BCUT2D eigenvalue weighted by Gasteiger charge is -2.29. The van der Waals surface area contributed by atoms with Crippen LogP contribution in [0.25, 0.3) is 15.9 Å². The summed E-state index contributed by atoms with van der Waals surface area (Å²) in [7, 11) is 0. The van der Waals surface area contributed by atoms with E-state index in [9.17, 15) is 19.5 Å². The Kier molecular flexibility index (Phi) is 4.07. The normalized spacial score (nSPS) is 13.6. The van der Waals surface area contributed by atoms with E-state index in [0.717, 1.165) is 15.2 Å². The molecule has 4 rings (SSSR count). The van der Waals surface area contributed by atoms with Crippen LogP contribution < -0.4 is 5.56 Å². The second-order valence-corrected chi connectivity index (χ2v) is 7.80. The van der Waals surface area contributed by atoms with Crippen LogP contribution in [-0.4, -0.2) is 38.0 Å². The Bertz CT molecular complexity index is 1160. The number of thiazole rings is 1. The zero-order valence-corrected chi connectivity index (χ0v) is 15.7. The lowest BCUT2D eigenvalue weighted by atomic mass is 9.96. The van der Waals surface area contributed by atoms with E-state index in [4.69, 9.17) is 0 Å². The monoisotopic (exact) mass is 383 g/mol. The van der Waals surface area contributed by atoms with E-state index in [-0.39, 0.29) is 11.5 Å². The van der Waals surface area contributed by atoms with Crippen molar-refractivity contribution in [1.29, 1.82) is 0 Å². The van der Waals surface area contributed by atoms with Crippen LogP contribution in [-0.2, 0) is 17.8 Å². The Hall–Kier alpha value is -3.00. The van der Waals surface area contributed by atoms with Gasteiger partial charge in [-0.05, 0) is 42.7 Å². The highest BCUT2D eigenvalue weighted by Gasteiger charge is 2.27. The number of pyridine rings is 1. The molecule has 3 heterocycles. The molecule has 8 heteroatoms. The van der Waals surface area contributed by atoms with Crippen molar-refractivity contribution in [1.82, 2.24) is 14.5 Å². The summed E-state index contributed by atoms with van der Waals surface area (Å²) in [4.78, 5) is 42.6. The molecule has 3 aromatic rings. The van der Waals surface area contributed by atoms with Crippen LogP contribution >= 0.6 is 11.3 Å². The molecule has 27 heavy (non-hydrogen) atoms. The minimum Gasteiger partial charge on any atom is -0.477 e. The van der Waals surface area contributed by atoms with Gasteiger partial charge in [0.25, 0.3) is 5.56 Å². The molecule has 1 aromatic carbocycles. The molecular formula is C19H17N3O4S. The third-order valence-electron chi connectivity index (χ3n) is 4.82. The fourth-order valence-electron chi connectivity index (χ4n) is 3.52. The molecule has 1 aliphatic heterocycles. The van der Waals surface area contributed by atoms with Gasteiger partial charge in [-0.25, -0.2) is 9.78 Å². The molecule has 2 aromatic heterocycles. The fraction of sp³-hybridized carbons (Fsp3) is 0.263. The third kappa shape index (κ3) is 2.91. The molecule has 0 aliphatic carbocycles. The predicted octanol–water partition coefficient (Wildman–Crippen LogP) is 2.36. The molecule has 0 fully saturated rings. The second kappa shape index (κ2) is 6.31. The summed E-state index contributed by atoms with van der Waals surface area (Å²) in [5, 5.41) is 10.6. The average molecular weight is 383 g/mol. The van der Waals surface area contributed by atoms with E-state index in [1.165, 1.54) is 11.5 Å². The third-order valence-corrected chi connectivity index (χ3v) is 5.77. The summed E-state index contributed by atoms with van der Waals surface area (Å²) >= 11 is 1.56. The van der Waals surface area contributed by atoms with Crippen molar-refractivity contribution in [3.8, 4) is 5.69 Å². The summed E-state index contributed by atoms with van der Waals surface area (Å²) in [6, 6.07) is 5.44. The lowest BCUT2D eigenvalue weighted by Crippen LogP contribution is -2.38. The van der Waals surface area contributed by atoms with Gasteiger partial charge < -0.3 is 10.0 Å². The van der Waals surface area contributed by atoms with Crippen molar-refractivity contribution in [2.75, 3.05) is 6.54 Å². The Balaban J connectivity index is 1.93. The Morgan fingerprint density at radius 2 is 2.07 bits per heavy atom. The molecule has 1 aliphatic rings. The van der Waals surface area contributed by atoms with Crippen LogP contribution in [0.4, 0.5) is 0 Å². The number of nitrogens with zero attached hydrogens (tertiary/aromatic N) is 3. The molecule has 0 unspecified atom stereocenters. The number of aryl methyl sites for hydroxylation is 1. The van der Waals surface area contributed by atoms with Crippen LogP contribution in [0.3, 0.4) is 0 Å². The van der Waals surface area contributed by atoms with Crippen molar-refractivity contribution in [3.05, 3.63) is 56.4 Å². The van der Waals surface area contributed by atoms with Crippen LogP contribution in [0.2, 0.25) is 0 Å². The summed E-state index contributed by atoms with van der Waals surface area (Å²) in [5.74, 6) is -1.32. The number of carboxylic acids is 1. The van der Waals surface area contributed by atoms with Gasteiger partial charge in [0.2, 0.25) is 5.91 Å². The molecule has 138 valence electrons. The highest BCUT2D eigenvalue weighted by atomic mass is 32.1. The first-order chi connectivity index (χ1) is 12.8. The standard InChI is InChI=1S/C19H17N3O4S/c1-10-20-15-7-13(3-4-16(15)27-10)22-9-12-8-21(11(2)23)6-5-14(12)17(18(22)24)19(25)26/h3-4,7,9H,5-6,8H2,1-2H3,(H,25,26). The minimum absolute atomic E-state index is 0.0744. The van der Waals surface area contributed by atoms with E-state index < -0.39 is 11.5 Å². The van der Waals surface area contributed by atoms with Gasteiger partial charge in [0.1, 0.15) is 5.56 Å². The number of amides is 1. The van der Waals surface area contributed by atoms with Gasteiger partial charge in [0, 0.05) is 26.2 Å². The van der Waals surface area contributed by atoms with Gasteiger partial charge in [-0.2, -0.15) is 0 Å². The molecule has 1 N–H and O–H groups in total. The van der Waals surface area contributed by atoms with E-state index >= 15 is 0 Å². The van der Waals surface area contributed by atoms with E-state index in [1.54, 1.807) is 34.6 Å². The zero-order chi connectivity index (χ0) is 19.3. The topological polar surface area (TPSA) is 92.5 Å². The van der Waals surface area contributed by atoms with Crippen molar-refractivity contribution >= 4 is 33.4 Å². The van der Waals surface area contributed by atoms with Crippen LogP contribution in [0.15, 0.2) is 29.2 Å². The first kappa shape index (κ1) is 17.4. The van der Waals surface area contributed by atoms with Crippen molar-refractivity contribution < 1.29 is 14.7 Å². The predicted molar refractivity (Wildman–Crippen MR) is 102 cm³/mol. The summed E-state index contributed by atoms with van der Waals surface area (Å²) < 4.78 is 2.35. The van der Waals surface area contributed by atoms with Crippen LogP contribution in [0.1, 0.15) is 33.4 Å². The lowest BCUT2D eigenvalue weighted by molar-refractivity contribution is -0.129. The van der Waals surface area contributed by atoms with Crippen molar-refractivity contribution in [2.24, 2.45) is 0 Å².